The van der Waals surface area contributed by atoms with Crippen LogP contribution in [0.2, 0.25) is 0 Å². The zero-order valence-corrected chi connectivity index (χ0v) is 9.47. The highest BCUT2D eigenvalue weighted by molar-refractivity contribution is 5.67. The molecule has 0 bridgehead atoms. The van der Waals surface area contributed by atoms with Crippen LogP contribution in [-0.2, 0) is 23.1 Å². The quantitative estimate of drug-likeness (QED) is 0.317. The molecular formula is C9H14N3O4+. The number of carbonyl (C=O) groups excluding carboxylic acids is 1. The van der Waals surface area contributed by atoms with E-state index in [2.05, 4.69) is 0 Å². The summed E-state index contributed by atoms with van der Waals surface area (Å²) in [5.74, 6) is 0.164. The van der Waals surface area contributed by atoms with Gasteiger partial charge >= 0.3 is 11.8 Å². The molecule has 7 heteroatoms. The van der Waals surface area contributed by atoms with Crippen molar-refractivity contribution in [1.29, 1.82) is 0 Å². The number of imidazole rings is 1. The lowest BCUT2D eigenvalue weighted by molar-refractivity contribution is -0.692. The second kappa shape index (κ2) is 4.73. The van der Waals surface area contributed by atoms with Gasteiger partial charge in [0.1, 0.15) is 0 Å². The van der Waals surface area contributed by atoms with Gasteiger partial charge in [0.25, 0.3) is 5.82 Å². The molecule has 0 saturated carbocycles. The first-order valence-electron chi connectivity index (χ1n) is 4.83. The summed E-state index contributed by atoms with van der Waals surface area (Å²) in [7, 11) is 1.58. The van der Waals surface area contributed by atoms with Gasteiger partial charge in [-0.3, -0.25) is 0 Å². The molecule has 1 heterocycles. The Morgan fingerprint density at radius 1 is 1.69 bits per heavy atom. The number of rotatable bonds is 4. The van der Waals surface area contributed by atoms with E-state index in [-0.39, 0.29) is 12.4 Å². The number of hydrogen-bond donors (Lipinski definition) is 0. The van der Waals surface area contributed by atoms with Gasteiger partial charge in [0, 0.05) is 6.92 Å². The van der Waals surface area contributed by atoms with Gasteiger partial charge in [0.05, 0.1) is 13.7 Å². The molecule has 0 saturated heterocycles. The Bertz CT molecular complexity index is 425. The normalized spacial score (nSPS) is 10.2. The van der Waals surface area contributed by atoms with E-state index in [1.807, 2.05) is 0 Å². The number of nitrogens with zero attached hydrogens (tertiary/aromatic N) is 3. The Labute approximate surface area is 92.4 Å². The van der Waals surface area contributed by atoms with E-state index in [0.717, 1.165) is 0 Å². The molecule has 16 heavy (non-hydrogen) atoms. The molecule has 7 nitrogen and oxygen atoms in total. The average molecular weight is 228 g/mol. The van der Waals surface area contributed by atoms with Gasteiger partial charge < -0.3 is 14.9 Å². The van der Waals surface area contributed by atoms with Crippen LogP contribution in [0.1, 0.15) is 12.7 Å². The minimum Gasteiger partial charge on any atom is -0.463 e. The lowest BCUT2D eigenvalue weighted by Gasteiger charge is -1.99. The molecular weight excluding hydrogens is 214 g/mol. The fourth-order valence-electron chi connectivity index (χ4n) is 1.35. The highest BCUT2D eigenvalue weighted by Crippen LogP contribution is 2.09. The van der Waals surface area contributed by atoms with E-state index in [1.165, 1.54) is 15.3 Å². The molecule has 0 N–H and O–H groups in total. The molecule has 1 aromatic heterocycles. The third kappa shape index (κ3) is 2.36. The first-order valence-corrected chi connectivity index (χ1v) is 4.83. The monoisotopic (exact) mass is 228 g/mol. The van der Waals surface area contributed by atoms with Gasteiger partial charge in [0.15, 0.2) is 12.7 Å². The molecule has 0 aliphatic rings. The Balaban J connectivity index is 2.94. The maximum Gasteiger partial charge on any atom is 0.365 e. The molecule has 0 unspecified atom stereocenters. The lowest BCUT2D eigenvalue weighted by atomic mass is 10.6. The zero-order valence-electron chi connectivity index (χ0n) is 9.47. The summed E-state index contributed by atoms with van der Waals surface area (Å²) >= 11 is 0. The lowest BCUT2D eigenvalue weighted by Crippen LogP contribution is -2.40. The highest BCUT2D eigenvalue weighted by atomic mass is 16.6. The average Bonchev–Trinajstić information content (AvgIpc) is 2.46. The van der Waals surface area contributed by atoms with Crippen molar-refractivity contribution in [1.82, 2.24) is 4.57 Å². The van der Waals surface area contributed by atoms with Crippen molar-refractivity contribution in [3.05, 3.63) is 22.1 Å². The van der Waals surface area contributed by atoms with Crippen LogP contribution in [0.5, 0.6) is 0 Å². The minimum absolute atomic E-state index is 0.0125. The van der Waals surface area contributed by atoms with E-state index in [4.69, 9.17) is 4.74 Å². The molecule has 0 aromatic carbocycles. The van der Waals surface area contributed by atoms with Gasteiger partial charge in [-0.05, 0) is 11.8 Å². The fourth-order valence-corrected chi connectivity index (χ4v) is 1.35. The van der Waals surface area contributed by atoms with Crippen LogP contribution in [0.3, 0.4) is 0 Å². The van der Waals surface area contributed by atoms with Crippen molar-refractivity contribution in [2.75, 3.05) is 6.61 Å². The number of hydrogen-bond acceptors (Lipinski definition) is 4. The Hall–Kier alpha value is -1.92. The van der Waals surface area contributed by atoms with Crippen LogP contribution in [0.15, 0.2) is 6.20 Å². The summed E-state index contributed by atoms with van der Waals surface area (Å²) < 4.78 is 7.68. The number of esters is 1. The molecule has 0 atom stereocenters. The van der Waals surface area contributed by atoms with E-state index in [1.54, 1.807) is 20.9 Å². The second-order valence-corrected chi connectivity index (χ2v) is 3.28. The highest BCUT2D eigenvalue weighted by Gasteiger charge is 2.22. The summed E-state index contributed by atoms with van der Waals surface area (Å²) in [6.45, 7) is 3.70. The summed E-state index contributed by atoms with van der Waals surface area (Å²) in [6, 6.07) is 0. The maximum absolute atomic E-state index is 11.2. The van der Waals surface area contributed by atoms with Gasteiger partial charge in [-0.25, -0.2) is 9.36 Å². The third-order valence-corrected chi connectivity index (χ3v) is 2.31. The molecule has 1 rings (SSSR count). The predicted molar refractivity (Wildman–Crippen MR) is 53.6 cm³/mol. The van der Waals surface area contributed by atoms with Crippen LogP contribution < -0.4 is 4.57 Å². The Morgan fingerprint density at radius 3 is 2.75 bits per heavy atom. The third-order valence-electron chi connectivity index (χ3n) is 2.31. The van der Waals surface area contributed by atoms with Crippen LogP contribution in [0.25, 0.3) is 0 Å². The van der Waals surface area contributed by atoms with Crippen molar-refractivity contribution >= 4 is 11.8 Å². The van der Waals surface area contributed by atoms with Crippen molar-refractivity contribution in [3.63, 3.8) is 0 Å². The summed E-state index contributed by atoms with van der Waals surface area (Å²) in [5.41, 5.74) is 0. The SMILES string of the molecule is CCOC(=O)C[n+]1cc([N+](=O)[O-])n(C)c1C. The molecule has 0 aliphatic carbocycles. The van der Waals surface area contributed by atoms with Crippen molar-refractivity contribution in [2.24, 2.45) is 7.05 Å². The van der Waals surface area contributed by atoms with E-state index < -0.39 is 10.9 Å². The minimum atomic E-state index is -0.491. The molecule has 0 amide bonds. The van der Waals surface area contributed by atoms with Gasteiger partial charge in [-0.2, -0.15) is 4.57 Å². The Kier molecular flexibility index (Phi) is 3.60. The number of carbonyl (C=O) groups is 1. The first-order chi connectivity index (χ1) is 7.47. The summed E-state index contributed by atoms with van der Waals surface area (Å²) in [6.07, 6.45) is 1.33. The summed E-state index contributed by atoms with van der Waals surface area (Å²) in [5, 5.41) is 10.7. The topological polar surface area (TPSA) is 78.2 Å². The smallest absolute Gasteiger partial charge is 0.365 e. The molecule has 0 radical (unpaired) electrons. The standard InChI is InChI=1S/C9H14N3O4/c1-4-16-9(13)6-11-5-8(12(14)15)10(3)7(11)2/h5H,4,6H2,1-3H3/q+1. The summed E-state index contributed by atoms with van der Waals surface area (Å²) in [4.78, 5) is 21.4. The molecule has 0 fully saturated rings. The van der Waals surface area contributed by atoms with Crippen molar-refractivity contribution in [3.8, 4) is 0 Å². The Morgan fingerprint density at radius 2 is 2.31 bits per heavy atom. The molecule has 1 aromatic rings. The zero-order chi connectivity index (χ0) is 12.3. The van der Waals surface area contributed by atoms with Gasteiger partial charge in [-0.1, -0.05) is 0 Å². The first kappa shape index (κ1) is 12.2. The van der Waals surface area contributed by atoms with E-state index in [9.17, 15) is 14.9 Å². The van der Waals surface area contributed by atoms with Gasteiger partial charge in [0.2, 0.25) is 0 Å². The van der Waals surface area contributed by atoms with E-state index >= 15 is 0 Å². The van der Waals surface area contributed by atoms with Crippen LogP contribution in [0.4, 0.5) is 5.82 Å². The van der Waals surface area contributed by atoms with Gasteiger partial charge in [-0.15, -0.1) is 0 Å². The molecule has 88 valence electrons. The largest absolute Gasteiger partial charge is 0.463 e. The maximum atomic E-state index is 11.2. The number of ether oxygens (including phenoxy) is 1. The van der Waals surface area contributed by atoms with Crippen LogP contribution in [-0.4, -0.2) is 22.1 Å². The number of aromatic nitrogens is 2. The predicted octanol–water partition coefficient (Wildman–Crippen LogP) is 0.0923. The van der Waals surface area contributed by atoms with Crippen molar-refractivity contribution in [2.45, 2.75) is 20.4 Å². The van der Waals surface area contributed by atoms with Crippen LogP contribution in [0, 0.1) is 17.0 Å². The van der Waals surface area contributed by atoms with E-state index in [0.29, 0.717) is 12.4 Å². The van der Waals surface area contributed by atoms with Crippen LogP contribution >= 0.6 is 0 Å². The molecule has 0 aliphatic heterocycles. The fraction of sp³-hybridized carbons (Fsp3) is 0.556. The van der Waals surface area contributed by atoms with Crippen molar-refractivity contribution < 1.29 is 19.0 Å². The second-order valence-electron chi connectivity index (χ2n) is 3.28. The molecule has 0 spiro atoms. The number of nitro groups is 1.